The van der Waals surface area contributed by atoms with Crippen LogP contribution >= 0.6 is 0 Å². The fourth-order valence-corrected chi connectivity index (χ4v) is 2.45. The van der Waals surface area contributed by atoms with Crippen LogP contribution in [0.2, 0.25) is 0 Å². The molecule has 4 nitrogen and oxygen atoms in total. The number of hydrogen-bond acceptors (Lipinski definition) is 3. The van der Waals surface area contributed by atoms with Crippen molar-refractivity contribution in [1.29, 1.82) is 0 Å². The Balaban J connectivity index is 1.60. The van der Waals surface area contributed by atoms with Crippen LogP contribution in [0.15, 0.2) is 48.5 Å². The summed E-state index contributed by atoms with van der Waals surface area (Å²) in [4.78, 5) is 25.6. The van der Waals surface area contributed by atoms with Gasteiger partial charge in [-0.3, -0.25) is 14.5 Å². The normalized spacial score (nSPS) is 13.4. The highest BCUT2D eigenvalue weighted by Crippen LogP contribution is 2.22. The van der Waals surface area contributed by atoms with Gasteiger partial charge in [-0.15, -0.1) is 0 Å². The number of rotatable bonds is 5. The average molecular weight is 294 g/mol. The van der Waals surface area contributed by atoms with Crippen molar-refractivity contribution in [3.8, 4) is 5.75 Å². The number of hydrogen-bond donors (Lipinski definition) is 0. The van der Waals surface area contributed by atoms with Gasteiger partial charge in [0, 0.05) is 0 Å². The third-order valence-corrected chi connectivity index (χ3v) is 3.67. The van der Waals surface area contributed by atoms with E-state index in [4.69, 9.17) is 4.74 Å². The van der Waals surface area contributed by atoms with E-state index >= 15 is 0 Å². The molecule has 0 fully saturated rings. The van der Waals surface area contributed by atoms with Crippen molar-refractivity contribution >= 4 is 11.8 Å². The van der Waals surface area contributed by atoms with Crippen molar-refractivity contribution in [2.75, 3.05) is 13.2 Å². The van der Waals surface area contributed by atoms with E-state index in [0.717, 1.165) is 12.0 Å². The predicted molar refractivity (Wildman–Crippen MR) is 82.8 cm³/mol. The average Bonchev–Trinajstić information content (AvgIpc) is 2.81. The minimum atomic E-state index is -0.253. The first kappa shape index (κ1) is 14.3. The molecule has 3 rings (SSSR count). The molecular weight excluding hydrogens is 278 g/mol. The minimum Gasteiger partial charge on any atom is -0.492 e. The van der Waals surface area contributed by atoms with Crippen molar-refractivity contribution in [2.24, 2.45) is 0 Å². The Morgan fingerprint density at radius 1 is 0.909 bits per heavy atom. The van der Waals surface area contributed by atoms with E-state index < -0.39 is 0 Å². The molecule has 0 aliphatic carbocycles. The maximum absolute atomic E-state index is 12.2. The Morgan fingerprint density at radius 2 is 1.50 bits per heavy atom. The number of carbonyl (C=O) groups is 2. The predicted octanol–water partition coefficient (Wildman–Crippen LogP) is 2.74. The minimum absolute atomic E-state index is 0.240. The highest BCUT2D eigenvalue weighted by atomic mass is 16.5. The molecule has 0 spiro atoms. The molecule has 1 aliphatic heterocycles. The first-order valence-corrected chi connectivity index (χ1v) is 7.17. The van der Waals surface area contributed by atoms with Crippen molar-refractivity contribution in [3.05, 3.63) is 72.1 Å². The second-order valence-corrected chi connectivity index (χ2v) is 5.05. The number of benzene rings is 2. The van der Waals surface area contributed by atoms with Crippen LogP contribution in [-0.4, -0.2) is 29.9 Å². The van der Waals surface area contributed by atoms with E-state index in [9.17, 15) is 9.59 Å². The molecule has 2 aromatic rings. The molecule has 111 valence electrons. The summed E-state index contributed by atoms with van der Waals surface area (Å²) in [5.41, 5.74) is 2.06. The molecule has 0 atom stereocenters. The van der Waals surface area contributed by atoms with Crippen LogP contribution in [0.5, 0.6) is 5.75 Å². The monoisotopic (exact) mass is 294 g/mol. The van der Waals surface area contributed by atoms with E-state index in [-0.39, 0.29) is 25.0 Å². The highest BCUT2D eigenvalue weighted by Gasteiger charge is 2.34. The number of nitrogens with zero attached hydrogens (tertiary/aromatic N) is 1. The lowest BCUT2D eigenvalue weighted by Gasteiger charge is -2.14. The molecule has 0 saturated heterocycles. The summed E-state index contributed by atoms with van der Waals surface area (Å²) in [5.74, 6) is 0.210. The van der Waals surface area contributed by atoms with Crippen LogP contribution in [0.4, 0.5) is 0 Å². The maximum Gasteiger partial charge on any atom is 0.261 e. The highest BCUT2D eigenvalue weighted by molar-refractivity contribution is 6.21. The van der Waals surface area contributed by atoms with Gasteiger partial charge in [-0.1, -0.05) is 24.3 Å². The second kappa shape index (κ2) is 6.02. The molecule has 1 radical (unpaired) electrons. The van der Waals surface area contributed by atoms with Gasteiger partial charge in [-0.25, -0.2) is 0 Å². The van der Waals surface area contributed by atoms with Crippen LogP contribution in [0.3, 0.4) is 0 Å². The zero-order valence-electron chi connectivity index (χ0n) is 12.1. The smallest absolute Gasteiger partial charge is 0.261 e. The number of carbonyl (C=O) groups excluding carboxylic acids is 2. The summed E-state index contributed by atoms with van der Waals surface area (Å²) in [7, 11) is 0. The van der Waals surface area contributed by atoms with Gasteiger partial charge in [-0.2, -0.15) is 0 Å². The van der Waals surface area contributed by atoms with E-state index in [2.05, 4.69) is 6.92 Å². The zero-order valence-corrected chi connectivity index (χ0v) is 12.1. The SMILES string of the molecule is [CH2]Cc1ccc(OCCN2C(=O)c3ccccc3C2=O)cc1. The fraction of sp³-hybridized carbons (Fsp3) is 0.167. The molecule has 2 aromatic carbocycles. The Labute approximate surface area is 129 Å². The first-order chi connectivity index (χ1) is 10.7. The summed E-state index contributed by atoms with van der Waals surface area (Å²) in [6, 6.07) is 14.5. The number of fused-ring (bicyclic) bond motifs is 1. The van der Waals surface area contributed by atoms with Gasteiger partial charge in [0.25, 0.3) is 11.8 Å². The van der Waals surface area contributed by atoms with Gasteiger partial charge in [0.05, 0.1) is 17.7 Å². The molecule has 0 saturated carbocycles. The molecule has 1 heterocycles. The largest absolute Gasteiger partial charge is 0.492 e. The molecular formula is C18H16NO3. The standard InChI is InChI=1S/C18H16NO3/c1-2-13-7-9-14(10-8-13)22-12-11-19-17(20)15-5-3-4-6-16(15)18(19)21/h3-10H,1-2,11-12H2. The molecule has 2 amide bonds. The molecule has 1 aliphatic rings. The zero-order chi connectivity index (χ0) is 15.5. The number of imide groups is 1. The van der Waals surface area contributed by atoms with Gasteiger partial charge >= 0.3 is 0 Å². The third-order valence-electron chi connectivity index (χ3n) is 3.67. The van der Waals surface area contributed by atoms with E-state index in [0.29, 0.717) is 16.9 Å². The van der Waals surface area contributed by atoms with Crippen LogP contribution in [0.1, 0.15) is 26.3 Å². The summed E-state index contributed by atoms with van der Waals surface area (Å²) < 4.78 is 5.60. The molecule has 0 aromatic heterocycles. The number of amides is 2. The Hall–Kier alpha value is -2.62. The molecule has 4 heteroatoms. The van der Waals surface area contributed by atoms with Gasteiger partial charge in [0.15, 0.2) is 0 Å². The van der Waals surface area contributed by atoms with Gasteiger partial charge in [-0.05, 0) is 43.2 Å². The Kier molecular flexibility index (Phi) is 3.92. The number of ether oxygens (including phenoxy) is 1. The maximum atomic E-state index is 12.2. The van der Waals surface area contributed by atoms with Crippen molar-refractivity contribution in [1.82, 2.24) is 4.90 Å². The lowest BCUT2D eigenvalue weighted by Crippen LogP contribution is -2.33. The third kappa shape index (κ3) is 2.60. The quantitative estimate of drug-likeness (QED) is 0.797. The van der Waals surface area contributed by atoms with Crippen LogP contribution < -0.4 is 4.74 Å². The van der Waals surface area contributed by atoms with Gasteiger partial charge in [0.1, 0.15) is 12.4 Å². The van der Waals surface area contributed by atoms with Crippen molar-refractivity contribution in [3.63, 3.8) is 0 Å². The van der Waals surface area contributed by atoms with Crippen LogP contribution in [0, 0.1) is 6.92 Å². The molecule has 0 N–H and O–H groups in total. The topological polar surface area (TPSA) is 46.6 Å². The van der Waals surface area contributed by atoms with Crippen LogP contribution in [-0.2, 0) is 6.42 Å². The summed E-state index contributed by atoms with van der Waals surface area (Å²) in [5, 5.41) is 0. The molecule has 0 unspecified atom stereocenters. The van der Waals surface area contributed by atoms with Gasteiger partial charge in [0.2, 0.25) is 0 Å². The Morgan fingerprint density at radius 3 is 2.05 bits per heavy atom. The summed E-state index contributed by atoms with van der Waals surface area (Å²) in [6.45, 7) is 4.33. The lowest BCUT2D eigenvalue weighted by atomic mass is 10.1. The van der Waals surface area contributed by atoms with Crippen molar-refractivity contribution < 1.29 is 14.3 Å². The summed E-state index contributed by atoms with van der Waals surface area (Å²) >= 11 is 0. The lowest BCUT2D eigenvalue weighted by molar-refractivity contribution is 0.0631. The van der Waals surface area contributed by atoms with Crippen molar-refractivity contribution in [2.45, 2.75) is 6.42 Å². The first-order valence-electron chi connectivity index (χ1n) is 7.17. The Bertz CT molecular complexity index is 672. The molecule has 0 bridgehead atoms. The second-order valence-electron chi connectivity index (χ2n) is 5.05. The van der Waals surface area contributed by atoms with Crippen LogP contribution in [0.25, 0.3) is 0 Å². The fourth-order valence-electron chi connectivity index (χ4n) is 2.45. The summed E-state index contributed by atoms with van der Waals surface area (Å²) in [6.07, 6.45) is 0.731. The van der Waals surface area contributed by atoms with Gasteiger partial charge < -0.3 is 4.74 Å². The van der Waals surface area contributed by atoms with E-state index in [1.807, 2.05) is 24.3 Å². The van der Waals surface area contributed by atoms with E-state index in [1.165, 1.54) is 4.90 Å². The molecule has 22 heavy (non-hydrogen) atoms. The van der Waals surface area contributed by atoms with E-state index in [1.54, 1.807) is 24.3 Å².